The Balaban J connectivity index is 1.62. The quantitative estimate of drug-likeness (QED) is 0.699. The van der Waals surface area contributed by atoms with Crippen molar-refractivity contribution < 1.29 is 9.53 Å². The highest BCUT2D eigenvalue weighted by Gasteiger charge is 2.05. The summed E-state index contributed by atoms with van der Waals surface area (Å²) >= 11 is 1.45. The van der Waals surface area contributed by atoms with Crippen molar-refractivity contribution in [3.63, 3.8) is 0 Å². The predicted octanol–water partition coefficient (Wildman–Crippen LogP) is 4.47. The monoisotopic (exact) mass is 336 g/mol. The van der Waals surface area contributed by atoms with Crippen LogP contribution in [-0.4, -0.2) is 18.0 Å². The summed E-state index contributed by atoms with van der Waals surface area (Å²) in [6.07, 6.45) is 5.01. The number of anilines is 1. The van der Waals surface area contributed by atoms with Gasteiger partial charge < -0.3 is 4.74 Å². The Kier molecular flexibility index (Phi) is 5.03. The van der Waals surface area contributed by atoms with Crippen LogP contribution in [0.15, 0.2) is 66.9 Å². The lowest BCUT2D eigenvalue weighted by molar-refractivity contribution is -0.111. The number of thiazole rings is 1. The van der Waals surface area contributed by atoms with E-state index in [9.17, 15) is 4.79 Å². The maximum Gasteiger partial charge on any atom is 0.250 e. The molecule has 0 radical (unpaired) electrons. The fourth-order valence-electron chi connectivity index (χ4n) is 2.10. The molecule has 2 aromatic carbocycles. The van der Waals surface area contributed by atoms with Crippen LogP contribution in [-0.2, 0) is 4.79 Å². The van der Waals surface area contributed by atoms with Gasteiger partial charge in [0.2, 0.25) is 5.91 Å². The molecule has 0 spiro atoms. The average molecular weight is 336 g/mol. The molecule has 3 aromatic rings. The van der Waals surface area contributed by atoms with Gasteiger partial charge in [-0.2, -0.15) is 0 Å². The molecule has 0 fully saturated rings. The summed E-state index contributed by atoms with van der Waals surface area (Å²) < 4.78 is 5.10. The summed E-state index contributed by atoms with van der Waals surface area (Å²) in [5.41, 5.74) is 2.01. The lowest BCUT2D eigenvalue weighted by Gasteiger charge is -1.99. The second-order valence-corrected chi connectivity index (χ2v) is 6.02. The summed E-state index contributed by atoms with van der Waals surface area (Å²) in [7, 11) is 1.62. The zero-order chi connectivity index (χ0) is 16.8. The van der Waals surface area contributed by atoms with Crippen LogP contribution in [0.25, 0.3) is 16.5 Å². The molecule has 0 saturated carbocycles. The van der Waals surface area contributed by atoms with E-state index in [2.05, 4.69) is 10.3 Å². The second kappa shape index (κ2) is 7.57. The first-order chi connectivity index (χ1) is 11.7. The van der Waals surface area contributed by atoms with Crippen LogP contribution >= 0.6 is 11.3 Å². The molecule has 24 heavy (non-hydrogen) atoms. The minimum absolute atomic E-state index is 0.209. The van der Waals surface area contributed by atoms with Crippen molar-refractivity contribution in [1.29, 1.82) is 0 Å². The van der Waals surface area contributed by atoms with Crippen LogP contribution in [0, 0.1) is 0 Å². The normalized spacial score (nSPS) is 10.7. The number of nitrogens with one attached hydrogen (secondary N) is 1. The van der Waals surface area contributed by atoms with Gasteiger partial charge in [-0.15, -0.1) is 0 Å². The number of ether oxygens (including phenoxy) is 1. The summed E-state index contributed by atoms with van der Waals surface area (Å²) in [5, 5.41) is 3.36. The minimum Gasteiger partial charge on any atom is -0.497 e. The average Bonchev–Trinajstić information content (AvgIpc) is 3.09. The van der Waals surface area contributed by atoms with Gasteiger partial charge in [-0.05, 0) is 29.3 Å². The SMILES string of the molecule is COc1ccc(/C=C\C(=O)Nc2ncc(-c3ccccc3)s2)cc1. The lowest BCUT2D eigenvalue weighted by atomic mass is 10.2. The van der Waals surface area contributed by atoms with Crippen LogP contribution < -0.4 is 10.1 Å². The van der Waals surface area contributed by atoms with E-state index in [0.717, 1.165) is 21.8 Å². The molecule has 0 bridgehead atoms. The van der Waals surface area contributed by atoms with Crippen molar-refractivity contribution in [2.75, 3.05) is 12.4 Å². The number of carbonyl (C=O) groups is 1. The molecule has 1 aromatic heterocycles. The maximum atomic E-state index is 12.0. The number of nitrogens with zero attached hydrogens (tertiary/aromatic N) is 1. The van der Waals surface area contributed by atoms with Crippen LogP contribution in [0.5, 0.6) is 5.75 Å². The van der Waals surface area contributed by atoms with Crippen molar-refractivity contribution in [2.24, 2.45) is 0 Å². The number of benzene rings is 2. The number of amides is 1. The third-order valence-corrected chi connectivity index (χ3v) is 4.30. The highest BCUT2D eigenvalue weighted by molar-refractivity contribution is 7.19. The number of hydrogen-bond donors (Lipinski definition) is 1. The first kappa shape index (κ1) is 16.0. The molecule has 120 valence electrons. The topological polar surface area (TPSA) is 51.2 Å². The van der Waals surface area contributed by atoms with Crippen LogP contribution in [0.2, 0.25) is 0 Å². The maximum absolute atomic E-state index is 12.0. The number of hydrogen-bond acceptors (Lipinski definition) is 4. The van der Waals surface area contributed by atoms with Gasteiger partial charge in [-0.25, -0.2) is 4.98 Å². The van der Waals surface area contributed by atoms with Crippen LogP contribution in [0.4, 0.5) is 5.13 Å². The van der Waals surface area contributed by atoms with Gasteiger partial charge in [0, 0.05) is 12.3 Å². The number of methoxy groups -OCH3 is 1. The van der Waals surface area contributed by atoms with E-state index in [1.54, 1.807) is 19.4 Å². The first-order valence-corrected chi connectivity index (χ1v) is 8.20. The zero-order valence-corrected chi connectivity index (χ0v) is 13.9. The van der Waals surface area contributed by atoms with Gasteiger partial charge >= 0.3 is 0 Å². The Morgan fingerprint density at radius 2 is 1.88 bits per heavy atom. The number of carbonyl (C=O) groups excluding carboxylic acids is 1. The van der Waals surface area contributed by atoms with E-state index in [0.29, 0.717) is 5.13 Å². The van der Waals surface area contributed by atoms with Crippen molar-refractivity contribution >= 4 is 28.5 Å². The molecule has 3 rings (SSSR count). The lowest BCUT2D eigenvalue weighted by Crippen LogP contribution is -2.06. The fourth-order valence-corrected chi connectivity index (χ4v) is 2.93. The Bertz CT molecular complexity index is 839. The van der Waals surface area contributed by atoms with Gasteiger partial charge in [-0.1, -0.05) is 53.8 Å². The van der Waals surface area contributed by atoms with Crippen LogP contribution in [0.1, 0.15) is 5.56 Å². The van der Waals surface area contributed by atoms with Gasteiger partial charge in [0.05, 0.1) is 12.0 Å². The first-order valence-electron chi connectivity index (χ1n) is 7.39. The number of rotatable bonds is 5. The smallest absolute Gasteiger partial charge is 0.250 e. The molecule has 1 N–H and O–H groups in total. The van der Waals surface area contributed by atoms with E-state index in [1.165, 1.54) is 17.4 Å². The minimum atomic E-state index is -0.209. The Labute approximate surface area is 144 Å². The molecule has 0 atom stereocenters. The zero-order valence-electron chi connectivity index (χ0n) is 13.1. The largest absolute Gasteiger partial charge is 0.497 e. The van der Waals surface area contributed by atoms with Crippen molar-refractivity contribution in [3.8, 4) is 16.2 Å². The molecule has 0 aliphatic carbocycles. The summed E-state index contributed by atoms with van der Waals surface area (Å²) in [5.74, 6) is 0.576. The standard InChI is InChI=1S/C19H16N2O2S/c1-23-16-10-7-14(8-11-16)9-12-18(22)21-19-20-13-17(24-19)15-5-3-2-4-6-15/h2-13H,1H3,(H,20,21,22)/b12-9-. The van der Waals surface area contributed by atoms with E-state index in [4.69, 9.17) is 4.74 Å². The molecule has 1 amide bonds. The third-order valence-electron chi connectivity index (χ3n) is 3.34. The second-order valence-electron chi connectivity index (χ2n) is 4.99. The van der Waals surface area contributed by atoms with Crippen molar-refractivity contribution in [2.45, 2.75) is 0 Å². The van der Waals surface area contributed by atoms with Gasteiger partial charge in [0.25, 0.3) is 0 Å². The van der Waals surface area contributed by atoms with E-state index in [1.807, 2.05) is 54.6 Å². The van der Waals surface area contributed by atoms with Crippen molar-refractivity contribution in [3.05, 3.63) is 72.4 Å². The van der Waals surface area contributed by atoms with Gasteiger partial charge in [-0.3, -0.25) is 10.1 Å². The molecular formula is C19H16N2O2S. The highest BCUT2D eigenvalue weighted by atomic mass is 32.1. The molecule has 5 heteroatoms. The van der Waals surface area contributed by atoms with E-state index in [-0.39, 0.29) is 5.91 Å². The molecule has 0 unspecified atom stereocenters. The van der Waals surface area contributed by atoms with E-state index >= 15 is 0 Å². The van der Waals surface area contributed by atoms with Crippen molar-refractivity contribution in [1.82, 2.24) is 4.98 Å². The molecule has 0 aliphatic heterocycles. The summed E-state index contributed by atoms with van der Waals surface area (Å²) in [6, 6.07) is 17.4. The third kappa shape index (κ3) is 4.08. The molecule has 4 nitrogen and oxygen atoms in total. The predicted molar refractivity (Wildman–Crippen MR) is 98.2 cm³/mol. The number of aromatic nitrogens is 1. The van der Waals surface area contributed by atoms with Gasteiger partial charge in [0.1, 0.15) is 5.75 Å². The fraction of sp³-hybridized carbons (Fsp3) is 0.0526. The Hall–Kier alpha value is -2.92. The van der Waals surface area contributed by atoms with E-state index < -0.39 is 0 Å². The van der Waals surface area contributed by atoms with Crippen LogP contribution in [0.3, 0.4) is 0 Å². The summed E-state index contributed by atoms with van der Waals surface area (Å²) in [6.45, 7) is 0. The Morgan fingerprint density at radius 3 is 2.58 bits per heavy atom. The highest BCUT2D eigenvalue weighted by Crippen LogP contribution is 2.28. The molecule has 0 aliphatic rings. The molecule has 0 saturated heterocycles. The summed E-state index contributed by atoms with van der Waals surface area (Å²) in [4.78, 5) is 17.3. The van der Waals surface area contributed by atoms with Gasteiger partial charge in [0.15, 0.2) is 5.13 Å². The molecule has 1 heterocycles. The Morgan fingerprint density at radius 1 is 1.12 bits per heavy atom. The molecular weight excluding hydrogens is 320 g/mol.